The van der Waals surface area contributed by atoms with Crippen molar-refractivity contribution in [3.05, 3.63) is 11.9 Å². The molecule has 0 aliphatic heterocycles. The molecule has 2 atom stereocenters. The highest BCUT2D eigenvalue weighted by atomic mass is 15.1. The van der Waals surface area contributed by atoms with Crippen LogP contribution in [0.1, 0.15) is 65.1 Å². The summed E-state index contributed by atoms with van der Waals surface area (Å²) in [5.41, 5.74) is 0. The first kappa shape index (κ1) is 16.1. The molecule has 1 heterocycles. The second-order valence-corrected chi connectivity index (χ2v) is 6.20. The van der Waals surface area contributed by atoms with E-state index in [0.29, 0.717) is 6.04 Å². The van der Waals surface area contributed by atoms with Gasteiger partial charge in [0.25, 0.3) is 0 Å². The Morgan fingerprint density at radius 2 is 1.86 bits per heavy atom. The molecule has 1 aromatic rings. The van der Waals surface area contributed by atoms with Gasteiger partial charge in [0.05, 0.1) is 0 Å². The van der Waals surface area contributed by atoms with E-state index in [4.69, 9.17) is 4.98 Å². The molecule has 1 aliphatic carbocycles. The number of aromatic nitrogens is 2. The van der Waals surface area contributed by atoms with Gasteiger partial charge in [-0.2, -0.15) is 0 Å². The fourth-order valence-corrected chi connectivity index (χ4v) is 3.08. The van der Waals surface area contributed by atoms with E-state index < -0.39 is 0 Å². The van der Waals surface area contributed by atoms with Crippen LogP contribution < -0.4 is 10.6 Å². The fraction of sp³-hybridized carbons (Fsp3) is 0.765. The normalized spacial score (nSPS) is 22.6. The molecule has 1 saturated carbocycles. The highest BCUT2D eigenvalue weighted by Crippen LogP contribution is 2.26. The van der Waals surface area contributed by atoms with Gasteiger partial charge in [0.15, 0.2) is 0 Å². The molecular formula is C17H30N4. The Morgan fingerprint density at radius 3 is 2.62 bits per heavy atom. The monoisotopic (exact) mass is 290 g/mol. The summed E-state index contributed by atoms with van der Waals surface area (Å²) in [5.74, 6) is 3.60. The van der Waals surface area contributed by atoms with Crippen molar-refractivity contribution in [1.82, 2.24) is 9.97 Å². The van der Waals surface area contributed by atoms with Gasteiger partial charge < -0.3 is 10.6 Å². The zero-order chi connectivity index (χ0) is 15.1. The van der Waals surface area contributed by atoms with Crippen LogP contribution in [0.5, 0.6) is 0 Å². The molecule has 0 radical (unpaired) electrons. The Balaban J connectivity index is 2.12. The van der Waals surface area contributed by atoms with Crippen molar-refractivity contribution in [3.8, 4) is 0 Å². The van der Waals surface area contributed by atoms with Crippen molar-refractivity contribution in [2.75, 3.05) is 17.2 Å². The predicted molar refractivity (Wildman–Crippen MR) is 89.9 cm³/mol. The molecule has 4 nitrogen and oxygen atoms in total. The third kappa shape index (κ3) is 4.87. The minimum absolute atomic E-state index is 0.548. The van der Waals surface area contributed by atoms with Gasteiger partial charge in [-0.1, -0.05) is 33.1 Å². The highest BCUT2D eigenvalue weighted by Gasteiger charge is 2.20. The summed E-state index contributed by atoms with van der Waals surface area (Å²) in [4.78, 5) is 9.28. The number of anilines is 2. The lowest BCUT2D eigenvalue weighted by Crippen LogP contribution is -2.27. The second kappa shape index (κ2) is 8.20. The third-order valence-electron chi connectivity index (χ3n) is 4.30. The van der Waals surface area contributed by atoms with Crippen LogP contribution in [-0.2, 0) is 6.42 Å². The maximum absolute atomic E-state index is 4.70. The Kier molecular flexibility index (Phi) is 6.27. The summed E-state index contributed by atoms with van der Waals surface area (Å²) in [7, 11) is 0. The van der Waals surface area contributed by atoms with Crippen LogP contribution in [0.15, 0.2) is 6.07 Å². The molecule has 2 unspecified atom stereocenters. The van der Waals surface area contributed by atoms with Crippen molar-refractivity contribution >= 4 is 11.6 Å². The van der Waals surface area contributed by atoms with Gasteiger partial charge in [0.1, 0.15) is 17.5 Å². The van der Waals surface area contributed by atoms with E-state index in [9.17, 15) is 0 Å². The highest BCUT2D eigenvalue weighted by molar-refractivity contribution is 5.48. The largest absolute Gasteiger partial charge is 0.370 e. The van der Waals surface area contributed by atoms with Gasteiger partial charge in [-0.25, -0.2) is 9.97 Å². The van der Waals surface area contributed by atoms with E-state index in [-0.39, 0.29) is 0 Å². The second-order valence-electron chi connectivity index (χ2n) is 6.20. The molecule has 0 amide bonds. The average molecular weight is 290 g/mol. The SMILES string of the molecule is CCCc1nc(NCC)cc(NC2CCCCCC2C)n1. The Labute approximate surface area is 129 Å². The standard InChI is InChI=1S/C17H30N4/c1-4-9-15-20-16(18-5-2)12-17(21-15)19-14-11-8-6-7-10-13(14)3/h12-14H,4-11H2,1-3H3,(H2,18,19,20,21). The van der Waals surface area contributed by atoms with E-state index in [1.807, 2.05) is 0 Å². The number of nitrogens with zero attached hydrogens (tertiary/aromatic N) is 2. The number of aryl methyl sites for hydroxylation is 1. The minimum atomic E-state index is 0.548. The molecule has 1 aromatic heterocycles. The molecule has 4 heteroatoms. The molecular weight excluding hydrogens is 260 g/mol. The van der Waals surface area contributed by atoms with E-state index in [0.717, 1.165) is 42.8 Å². The lowest BCUT2D eigenvalue weighted by molar-refractivity contribution is 0.455. The maximum Gasteiger partial charge on any atom is 0.133 e. The summed E-state index contributed by atoms with van der Waals surface area (Å²) in [6, 6.07) is 2.60. The van der Waals surface area contributed by atoms with Crippen molar-refractivity contribution in [3.63, 3.8) is 0 Å². The zero-order valence-corrected chi connectivity index (χ0v) is 13.8. The van der Waals surface area contributed by atoms with Gasteiger partial charge in [-0.3, -0.25) is 0 Å². The predicted octanol–water partition coefficient (Wildman–Crippen LogP) is 4.24. The van der Waals surface area contributed by atoms with Gasteiger partial charge in [-0.15, -0.1) is 0 Å². The van der Waals surface area contributed by atoms with Gasteiger partial charge in [-0.05, 0) is 32.1 Å². The molecule has 2 rings (SSSR count). The van der Waals surface area contributed by atoms with Crippen LogP contribution >= 0.6 is 0 Å². The van der Waals surface area contributed by atoms with Crippen molar-refractivity contribution < 1.29 is 0 Å². The Hall–Kier alpha value is -1.32. The van der Waals surface area contributed by atoms with Crippen molar-refractivity contribution in [1.29, 1.82) is 0 Å². The number of hydrogen-bond donors (Lipinski definition) is 2. The van der Waals surface area contributed by atoms with E-state index in [1.54, 1.807) is 0 Å². The summed E-state index contributed by atoms with van der Waals surface area (Å²) < 4.78 is 0. The molecule has 0 saturated heterocycles. The van der Waals surface area contributed by atoms with Crippen LogP contribution in [0.3, 0.4) is 0 Å². The number of hydrogen-bond acceptors (Lipinski definition) is 4. The molecule has 2 N–H and O–H groups in total. The van der Waals surface area contributed by atoms with Crippen LogP contribution in [0, 0.1) is 5.92 Å². The lowest BCUT2D eigenvalue weighted by atomic mass is 9.97. The van der Waals surface area contributed by atoms with Crippen LogP contribution in [0.25, 0.3) is 0 Å². The Bertz CT molecular complexity index is 409. The van der Waals surface area contributed by atoms with Gasteiger partial charge in [0, 0.05) is 25.1 Å². The molecule has 118 valence electrons. The average Bonchev–Trinajstić information content (AvgIpc) is 2.65. The molecule has 1 aliphatic rings. The van der Waals surface area contributed by atoms with E-state index >= 15 is 0 Å². The molecule has 21 heavy (non-hydrogen) atoms. The molecule has 0 bridgehead atoms. The summed E-state index contributed by atoms with van der Waals surface area (Å²) in [6.07, 6.45) is 8.66. The molecule has 0 aromatic carbocycles. The topological polar surface area (TPSA) is 49.8 Å². The minimum Gasteiger partial charge on any atom is -0.370 e. The first-order chi connectivity index (χ1) is 10.2. The van der Waals surface area contributed by atoms with E-state index in [1.165, 1.54) is 32.1 Å². The fourth-order valence-electron chi connectivity index (χ4n) is 3.08. The van der Waals surface area contributed by atoms with Crippen LogP contribution in [0.4, 0.5) is 11.6 Å². The molecule has 1 fully saturated rings. The number of rotatable bonds is 6. The van der Waals surface area contributed by atoms with E-state index in [2.05, 4.69) is 42.5 Å². The third-order valence-corrected chi connectivity index (χ3v) is 4.30. The first-order valence-corrected chi connectivity index (χ1v) is 8.61. The quantitative estimate of drug-likeness (QED) is 0.769. The smallest absolute Gasteiger partial charge is 0.133 e. The van der Waals surface area contributed by atoms with Gasteiger partial charge in [0.2, 0.25) is 0 Å². The van der Waals surface area contributed by atoms with Gasteiger partial charge >= 0.3 is 0 Å². The summed E-state index contributed by atoms with van der Waals surface area (Å²) in [6.45, 7) is 7.52. The van der Waals surface area contributed by atoms with Crippen LogP contribution in [0.2, 0.25) is 0 Å². The zero-order valence-electron chi connectivity index (χ0n) is 13.8. The molecule has 0 spiro atoms. The lowest BCUT2D eigenvalue weighted by Gasteiger charge is -2.24. The maximum atomic E-state index is 4.70. The summed E-state index contributed by atoms with van der Waals surface area (Å²) in [5, 5.41) is 6.99. The van der Waals surface area contributed by atoms with Crippen molar-refractivity contribution in [2.24, 2.45) is 5.92 Å². The van der Waals surface area contributed by atoms with Crippen molar-refractivity contribution in [2.45, 2.75) is 71.8 Å². The Morgan fingerprint density at radius 1 is 1.10 bits per heavy atom. The van der Waals surface area contributed by atoms with Crippen LogP contribution in [-0.4, -0.2) is 22.6 Å². The summed E-state index contributed by atoms with van der Waals surface area (Å²) >= 11 is 0. The first-order valence-electron chi connectivity index (χ1n) is 8.61. The number of nitrogens with one attached hydrogen (secondary N) is 2.